The van der Waals surface area contributed by atoms with Crippen LogP contribution >= 0.6 is 0 Å². The molecule has 6 aromatic rings. The van der Waals surface area contributed by atoms with E-state index >= 15 is 0 Å². The molecule has 3 N–H and O–H groups in total. The second-order valence-corrected chi connectivity index (χ2v) is 16.6. The van der Waals surface area contributed by atoms with Crippen molar-refractivity contribution in [3.63, 3.8) is 0 Å². The monoisotopic (exact) mass is 872 g/mol. The number of ether oxygens (including phenoxy) is 5. The Balaban J connectivity index is 0.000000198. The smallest absolute Gasteiger partial charge is 0.412 e. The molecule has 2 aromatic heterocycles. The third kappa shape index (κ3) is 13.6. The lowest BCUT2D eigenvalue weighted by Crippen LogP contribution is -2.27. The lowest BCUT2D eigenvalue weighted by Gasteiger charge is -2.23. The molecule has 65 heavy (non-hydrogen) atoms. The summed E-state index contributed by atoms with van der Waals surface area (Å²) in [5.74, 6) is 2.57. The van der Waals surface area contributed by atoms with E-state index in [9.17, 15) is 15.3 Å². The molecule has 2 aliphatic heterocycles. The Morgan fingerprint density at radius 3 is 1.55 bits per heavy atom. The Kier molecular flexibility index (Phi) is 15.3. The number of carbonyl (C=O) groups excluding carboxylic acids is 1. The van der Waals surface area contributed by atoms with E-state index in [-0.39, 0.29) is 12.2 Å². The maximum Gasteiger partial charge on any atom is 0.412 e. The molecule has 0 radical (unpaired) electrons. The largest absolute Gasteiger partial charge is 0.489 e. The van der Waals surface area contributed by atoms with Crippen molar-refractivity contribution in [1.29, 1.82) is 10.5 Å². The van der Waals surface area contributed by atoms with Gasteiger partial charge in [-0.25, -0.2) is 24.7 Å². The molecule has 0 aliphatic carbocycles. The lowest BCUT2D eigenvalue weighted by atomic mass is 10.1. The predicted molar refractivity (Wildman–Crippen MR) is 246 cm³/mol. The highest BCUT2D eigenvalue weighted by molar-refractivity contribution is 5.84. The van der Waals surface area contributed by atoms with Crippen molar-refractivity contribution >= 4 is 17.5 Å². The van der Waals surface area contributed by atoms with Gasteiger partial charge in [0.1, 0.15) is 53.1 Å². The summed E-state index contributed by atoms with van der Waals surface area (Å²) in [6, 6.07) is 34.5. The first-order valence-electron chi connectivity index (χ1n) is 21.7. The highest BCUT2D eigenvalue weighted by atomic mass is 16.6. The molecule has 1 amide bonds. The van der Waals surface area contributed by atoms with Crippen LogP contribution in [0.1, 0.15) is 80.4 Å². The van der Waals surface area contributed by atoms with E-state index < -0.39 is 11.7 Å². The molecule has 0 atom stereocenters. The average molecular weight is 873 g/mol. The number of nitrogens with zero attached hydrogens (tertiary/aromatic N) is 6. The van der Waals surface area contributed by atoms with Crippen molar-refractivity contribution in [2.45, 2.75) is 77.1 Å². The van der Waals surface area contributed by atoms with E-state index in [1.165, 1.54) is 0 Å². The van der Waals surface area contributed by atoms with E-state index in [4.69, 9.17) is 34.4 Å². The van der Waals surface area contributed by atoms with Gasteiger partial charge in [0.25, 0.3) is 0 Å². The van der Waals surface area contributed by atoms with Crippen LogP contribution in [0.15, 0.2) is 109 Å². The Morgan fingerprint density at radius 2 is 1.12 bits per heavy atom. The van der Waals surface area contributed by atoms with Crippen LogP contribution in [-0.4, -0.2) is 70.3 Å². The SMILES string of the molecule is CC(C)(C)OC(=O)Nc1ccc(Cc2nccc(-c3ccc(OC4CCOCC4)c(C#N)c3)n2)cc1.N#Cc1cc(-c2ccnc(Cc3ccc(N)cc3)n2)ccc1OC1CCOCC1. The highest BCUT2D eigenvalue weighted by Gasteiger charge is 2.20. The van der Waals surface area contributed by atoms with Gasteiger partial charge in [-0.05, 0) is 105 Å². The molecule has 0 saturated carbocycles. The first-order valence-corrected chi connectivity index (χ1v) is 21.7. The van der Waals surface area contributed by atoms with Crippen LogP contribution in [0.2, 0.25) is 0 Å². The van der Waals surface area contributed by atoms with Gasteiger partial charge in [0.05, 0.1) is 48.9 Å². The molecule has 0 unspecified atom stereocenters. The van der Waals surface area contributed by atoms with Gasteiger partial charge in [0.15, 0.2) is 0 Å². The zero-order valence-electron chi connectivity index (χ0n) is 36.8. The van der Waals surface area contributed by atoms with Crippen molar-refractivity contribution in [2.75, 3.05) is 37.5 Å². The molecular formula is C51H52N8O6. The molecule has 8 rings (SSSR count). The van der Waals surface area contributed by atoms with Crippen molar-refractivity contribution in [3.8, 4) is 46.2 Å². The van der Waals surface area contributed by atoms with Crippen molar-refractivity contribution in [3.05, 3.63) is 143 Å². The Hall–Kier alpha value is -7.39. The first kappa shape index (κ1) is 45.6. The highest BCUT2D eigenvalue weighted by Crippen LogP contribution is 2.30. The number of carbonyl (C=O) groups is 1. The molecular weight excluding hydrogens is 821 g/mol. The quantitative estimate of drug-likeness (QED) is 0.117. The Bertz CT molecular complexity index is 2630. The number of rotatable bonds is 11. The predicted octanol–water partition coefficient (Wildman–Crippen LogP) is 9.26. The lowest BCUT2D eigenvalue weighted by molar-refractivity contribution is 0.0252. The summed E-state index contributed by atoms with van der Waals surface area (Å²) in [7, 11) is 0. The molecule has 4 aromatic carbocycles. The molecule has 14 heteroatoms. The minimum absolute atomic E-state index is 0.0630. The van der Waals surface area contributed by atoms with Crippen LogP contribution < -0.4 is 20.5 Å². The number of amides is 1. The van der Waals surface area contributed by atoms with Gasteiger partial charge in [0.2, 0.25) is 0 Å². The zero-order valence-corrected chi connectivity index (χ0v) is 36.8. The Labute approximate surface area is 379 Å². The fraction of sp³-hybridized carbons (Fsp3) is 0.314. The fourth-order valence-electron chi connectivity index (χ4n) is 7.12. The van der Waals surface area contributed by atoms with E-state index in [0.29, 0.717) is 79.2 Å². The summed E-state index contributed by atoms with van der Waals surface area (Å²) in [6.45, 7) is 8.21. The molecule has 2 aliphatic rings. The van der Waals surface area contributed by atoms with Gasteiger partial charge in [-0.2, -0.15) is 10.5 Å². The number of benzene rings is 4. The molecule has 14 nitrogen and oxygen atoms in total. The third-order valence-electron chi connectivity index (χ3n) is 10.4. The number of hydrogen-bond acceptors (Lipinski definition) is 13. The summed E-state index contributed by atoms with van der Waals surface area (Å²) in [6.07, 6.45) is 7.58. The topological polar surface area (TPSA) is 200 Å². The standard InChI is InChI=1S/C28H30N4O4.C23H22N4O2/c1-28(2,3)36-27(33)31-22-7-4-19(5-8-22)16-26-30-13-10-24(32-26)20-6-9-25(21(17-20)18-29)35-23-11-14-34-15-12-23;24-15-18-14-17(3-6-22(18)29-20-8-11-28-12-9-20)21-7-10-26-23(27-21)13-16-1-4-19(25)5-2-16/h4-10,13,17,23H,11-12,14-16H2,1-3H3,(H,31,33);1-7,10,14,20H,8-9,11-13,25H2. The molecule has 0 bridgehead atoms. The van der Waals surface area contributed by atoms with E-state index in [1.54, 1.807) is 18.5 Å². The minimum atomic E-state index is -0.557. The van der Waals surface area contributed by atoms with Crippen molar-refractivity contribution < 1.29 is 28.5 Å². The van der Waals surface area contributed by atoms with Gasteiger partial charge in [0, 0.05) is 73.4 Å². The average Bonchev–Trinajstić information content (AvgIpc) is 3.31. The summed E-state index contributed by atoms with van der Waals surface area (Å²) in [4.78, 5) is 30.1. The number of nitrogens with one attached hydrogen (secondary N) is 1. The number of nitriles is 2. The number of nitrogens with two attached hydrogens (primary N) is 1. The second kappa shape index (κ2) is 21.8. The zero-order chi connectivity index (χ0) is 45.6. The van der Waals surface area contributed by atoms with Gasteiger partial charge in [-0.1, -0.05) is 24.3 Å². The normalized spacial score (nSPS) is 14.2. The van der Waals surface area contributed by atoms with Crippen LogP contribution in [0, 0.1) is 22.7 Å². The fourth-order valence-corrected chi connectivity index (χ4v) is 7.12. The maximum atomic E-state index is 12.0. The van der Waals surface area contributed by atoms with Gasteiger partial charge in [-0.3, -0.25) is 5.32 Å². The first-order chi connectivity index (χ1) is 31.5. The van der Waals surface area contributed by atoms with E-state index in [1.807, 2.05) is 112 Å². The number of aromatic nitrogens is 4. The molecule has 332 valence electrons. The molecule has 0 spiro atoms. The van der Waals surface area contributed by atoms with E-state index in [2.05, 4.69) is 32.4 Å². The minimum Gasteiger partial charge on any atom is -0.489 e. The van der Waals surface area contributed by atoms with Crippen LogP contribution in [0.5, 0.6) is 11.5 Å². The van der Waals surface area contributed by atoms with Crippen LogP contribution in [-0.2, 0) is 27.1 Å². The summed E-state index contributed by atoms with van der Waals surface area (Å²) < 4.78 is 28.1. The van der Waals surface area contributed by atoms with Crippen molar-refractivity contribution in [2.24, 2.45) is 0 Å². The molecule has 4 heterocycles. The summed E-state index contributed by atoms with van der Waals surface area (Å²) >= 11 is 0. The number of nitrogen functional groups attached to an aromatic ring is 1. The third-order valence-corrected chi connectivity index (χ3v) is 10.4. The Morgan fingerprint density at radius 1 is 0.677 bits per heavy atom. The van der Waals surface area contributed by atoms with Gasteiger partial charge >= 0.3 is 6.09 Å². The maximum absolute atomic E-state index is 12.0. The number of anilines is 2. The van der Waals surface area contributed by atoms with Gasteiger partial charge in [-0.15, -0.1) is 0 Å². The second-order valence-electron chi connectivity index (χ2n) is 16.6. The van der Waals surface area contributed by atoms with Gasteiger partial charge < -0.3 is 29.4 Å². The summed E-state index contributed by atoms with van der Waals surface area (Å²) in [5, 5.41) is 22.0. The molecule has 2 fully saturated rings. The summed E-state index contributed by atoms with van der Waals surface area (Å²) in [5.41, 5.74) is 12.8. The van der Waals surface area contributed by atoms with E-state index in [0.717, 1.165) is 65.0 Å². The van der Waals surface area contributed by atoms with Crippen molar-refractivity contribution in [1.82, 2.24) is 19.9 Å². The molecule has 2 saturated heterocycles. The van der Waals surface area contributed by atoms with Crippen LogP contribution in [0.4, 0.5) is 16.2 Å². The number of hydrogen-bond donors (Lipinski definition) is 2. The van der Waals surface area contributed by atoms with Crippen LogP contribution in [0.25, 0.3) is 22.5 Å². The van der Waals surface area contributed by atoms with Crippen LogP contribution in [0.3, 0.4) is 0 Å².